The highest BCUT2D eigenvalue weighted by molar-refractivity contribution is 5.90. The first kappa shape index (κ1) is 14.7. The summed E-state index contributed by atoms with van der Waals surface area (Å²) in [5.41, 5.74) is 7.37. The molecule has 0 atom stereocenters. The van der Waals surface area contributed by atoms with Crippen LogP contribution in [0.2, 0.25) is 0 Å². The number of carbonyl (C=O) groups excluding carboxylic acids is 1. The molecule has 110 valence electrons. The molecule has 2 aromatic rings. The van der Waals surface area contributed by atoms with Crippen molar-refractivity contribution in [2.24, 2.45) is 0 Å². The Hall–Kier alpha value is -2.69. The number of esters is 1. The van der Waals surface area contributed by atoms with Crippen molar-refractivity contribution in [2.75, 3.05) is 20.0 Å². The maximum atomic E-state index is 12.0. The third kappa shape index (κ3) is 3.45. The number of anilines is 1. The second kappa shape index (κ2) is 6.65. The summed E-state index contributed by atoms with van der Waals surface area (Å²) in [6.45, 7) is 0.134. The molecule has 5 heteroatoms. The highest BCUT2D eigenvalue weighted by atomic mass is 16.5. The van der Waals surface area contributed by atoms with Gasteiger partial charge in [0.1, 0.15) is 18.1 Å². The minimum absolute atomic E-state index is 0.134. The van der Waals surface area contributed by atoms with E-state index in [9.17, 15) is 4.79 Å². The van der Waals surface area contributed by atoms with Crippen molar-refractivity contribution in [3.8, 4) is 11.5 Å². The molecule has 0 aromatic heterocycles. The summed E-state index contributed by atoms with van der Waals surface area (Å²) in [5, 5.41) is 0. The van der Waals surface area contributed by atoms with E-state index in [4.69, 9.17) is 19.9 Å². The summed E-state index contributed by atoms with van der Waals surface area (Å²) in [6, 6.07) is 12.1. The number of nitrogens with two attached hydrogens (primary N) is 1. The highest BCUT2D eigenvalue weighted by Gasteiger charge is 2.11. The Morgan fingerprint density at radius 1 is 1.05 bits per heavy atom. The lowest BCUT2D eigenvalue weighted by atomic mass is 10.2. The summed E-state index contributed by atoms with van der Waals surface area (Å²) in [5.74, 6) is 0.682. The predicted molar refractivity (Wildman–Crippen MR) is 79.5 cm³/mol. The lowest BCUT2D eigenvalue weighted by Crippen LogP contribution is -2.07. The van der Waals surface area contributed by atoms with E-state index in [0.29, 0.717) is 22.7 Å². The Bertz CT molecular complexity index is 640. The van der Waals surface area contributed by atoms with Gasteiger partial charge in [0.25, 0.3) is 0 Å². The number of hydrogen-bond acceptors (Lipinski definition) is 5. The summed E-state index contributed by atoms with van der Waals surface area (Å²) in [7, 11) is 3.07. The van der Waals surface area contributed by atoms with Crippen molar-refractivity contribution < 1.29 is 19.0 Å². The second-order valence-electron chi connectivity index (χ2n) is 4.34. The number of benzene rings is 2. The van der Waals surface area contributed by atoms with Crippen molar-refractivity contribution in [1.82, 2.24) is 0 Å². The Labute approximate surface area is 123 Å². The highest BCUT2D eigenvalue weighted by Crippen LogP contribution is 2.23. The van der Waals surface area contributed by atoms with E-state index in [1.54, 1.807) is 25.3 Å². The van der Waals surface area contributed by atoms with Crippen molar-refractivity contribution in [3.05, 3.63) is 53.6 Å². The Kier molecular flexibility index (Phi) is 4.66. The first-order valence-electron chi connectivity index (χ1n) is 6.38. The van der Waals surface area contributed by atoms with Gasteiger partial charge in [0.15, 0.2) is 0 Å². The van der Waals surface area contributed by atoms with Crippen LogP contribution < -0.4 is 15.2 Å². The fraction of sp³-hybridized carbons (Fsp3) is 0.188. The molecule has 0 saturated carbocycles. The van der Waals surface area contributed by atoms with Crippen LogP contribution in [0.1, 0.15) is 15.9 Å². The molecule has 2 N–H and O–H groups in total. The van der Waals surface area contributed by atoms with Crippen molar-refractivity contribution >= 4 is 11.7 Å². The average Bonchev–Trinajstić information content (AvgIpc) is 2.53. The second-order valence-corrected chi connectivity index (χ2v) is 4.34. The third-order valence-corrected chi connectivity index (χ3v) is 3.02. The number of rotatable bonds is 5. The monoisotopic (exact) mass is 287 g/mol. The van der Waals surface area contributed by atoms with Gasteiger partial charge in [0.05, 0.1) is 25.5 Å². The van der Waals surface area contributed by atoms with E-state index in [1.807, 2.05) is 24.3 Å². The van der Waals surface area contributed by atoms with Gasteiger partial charge < -0.3 is 19.9 Å². The van der Waals surface area contributed by atoms with Crippen LogP contribution in [0, 0.1) is 0 Å². The Morgan fingerprint density at radius 2 is 1.76 bits per heavy atom. The molecule has 0 aliphatic heterocycles. The van der Waals surface area contributed by atoms with Gasteiger partial charge in [-0.3, -0.25) is 0 Å². The summed E-state index contributed by atoms with van der Waals surface area (Å²) in [4.78, 5) is 12.0. The number of carbonyl (C=O) groups is 1. The van der Waals surface area contributed by atoms with E-state index in [1.165, 1.54) is 7.11 Å². The molecule has 0 unspecified atom stereocenters. The Morgan fingerprint density at radius 3 is 2.48 bits per heavy atom. The SMILES string of the molecule is COc1cc(C(=O)OCc2ccccc2OC)ccc1N. The molecule has 0 heterocycles. The molecule has 0 bridgehead atoms. The Balaban J connectivity index is 2.08. The summed E-state index contributed by atoms with van der Waals surface area (Å²) < 4.78 is 15.6. The average molecular weight is 287 g/mol. The van der Waals surface area contributed by atoms with E-state index < -0.39 is 5.97 Å². The third-order valence-electron chi connectivity index (χ3n) is 3.02. The quantitative estimate of drug-likeness (QED) is 0.676. The van der Waals surface area contributed by atoms with E-state index in [0.717, 1.165) is 5.56 Å². The minimum atomic E-state index is -0.445. The molecule has 0 aliphatic rings. The maximum absolute atomic E-state index is 12.0. The standard InChI is InChI=1S/C16H17NO4/c1-19-14-6-4-3-5-12(14)10-21-16(18)11-7-8-13(17)15(9-11)20-2/h3-9H,10,17H2,1-2H3. The van der Waals surface area contributed by atoms with Gasteiger partial charge in [0, 0.05) is 5.56 Å². The lowest BCUT2D eigenvalue weighted by molar-refractivity contribution is 0.0470. The van der Waals surface area contributed by atoms with E-state index >= 15 is 0 Å². The van der Waals surface area contributed by atoms with Crippen molar-refractivity contribution in [1.29, 1.82) is 0 Å². The fourth-order valence-corrected chi connectivity index (χ4v) is 1.89. The normalized spacial score (nSPS) is 10.0. The molecule has 0 radical (unpaired) electrons. The van der Waals surface area contributed by atoms with E-state index in [-0.39, 0.29) is 6.61 Å². The molecule has 5 nitrogen and oxygen atoms in total. The van der Waals surface area contributed by atoms with Crippen LogP contribution in [0.3, 0.4) is 0 Å². The topological polar surface area (TPSA) is 70.8 Å². The van der Waals surface area contributed by atoms with Crippen molar-refractivity contribution in [3.63, 3.8) is 0 Å². The number of nitrogen functional groups attached to an aromatic ring is 1. The van der Waals surface area contributed by atoms with Crippen LogP contribution >= 0.6 is 0 Å². The predicted octanol–water partition coefficient (Wildman–Crippen LogP) is 2.64. The summed E-state index contributed by atoms with van der Waals surface area (Å²) in [6.07, 6.45) is 0. The zero-order chi connectivity index (χ0) is 15.2. The molecule has 0 amide bonds. The molecule has 0 saturated heterocycles. The van der Waals surface area contributed by atoms with Gasteiger partial charge >= 0.3 is 5.97 Å². The van der Waals surface area contributed by atoms with E-state index in [2.05, 4.69) is 0 Å². The van der Waals surface area contributed by atoms with Gasteiger partial charge in [-0.05, 0) is 24.3 Å². The molecule has 2 rings (SSSR count). The van der Waals surface area contributed by atoms with Gasteiger partial charge in [-0.25, -0.2) is 4.79 Å². The molecule has 0 aliphatic carbocycles. The number of ether oxygens (including phenoxy) is 3. The van der Waals surface area contributed by atoms with Crippen LogP contribution in [-0.2, 0) is 11.3 Å². The van der Waals surface area contributed by atoms with Crippen LogP contribution in [0.15, 0.2) is 42.5 Å². The molecule has 2 aromatic carbocycles. The van der Waals surface area contributed by atoms with Gasteiger partial charge in [-0.1, -0.05) is 18.2 Å². The summed E-state index contributed by atoms with van der Waals surface area (Å²) >= 11 is 0. The lowest BCUT2D eigenvalue weighted by Gasteiger charge is -2.10. The van der Waals surface area contributed by atoms with Crippen LogP contribution in [-0.4, -0.2) is 20.2 Å². The number of hydrogen-bond donors (Lipinski definition) is 1. The van der Waals surface area contributed by atoms with Gasteiger partial charge in [0.2, 0.25) is 0 Å². The first-order chi connectivity index (χ1) is 10.2. The zero-order valence-electron chi connectivity index (χ0n) is 12.0. The molecule has 21 heavy (non-hydrogen) atoms. The molecule has 0 fully saturated rings. The number of methoxy groups -OCH3 is 2. The zero-order valence-corrected chi connectivity index (χ0v) is 12.0. The van der Waals surface area contributed by atoms with Gasteiger partial charge in [-0.15, -0.1) is 0 Å². The van der Waals surface area contributed by atoms with Crippen LogP contribution in [0.5, 0.6) is 11.5 Å². The molecule has 0 spiro atoms. The van der Waals surface area contributed by atoms with Crippen LogP contribution in [0.4, 0.5) is 5.69 Å². The van der Waals surface area contributed by atoms with Crippen molar-refractivity contribution in [2.45, 2.75) is 6.61 Å². The molecular formula is C16H17NO4. The van der Waals surface area contributed by atoms with Gasteiger partial charge in [-0.2, -0.15) is 0 Å². The number of para-hydroxylation sites is 1. The largest absolute Gasteiger partial charge is 0.496 e. The molecular weight excluding hydrogens is 270 g/mol. The minimum Gasteiger partial charge on any atom is -0.496 e. The maximum Gasteiger partial charge on any atom is 0.338 e. The fourth-order valence-electron chi connectivity index (χ4n) is 1.89. The smallest absolute Gasteiger partial charge is 0.338 e. The first-order valence-corrected chi connectivity index (χ1v) is 6.38. The van der Waals surface area contributed by atoms with Crippen LogP contribution in [0.25, 0.3) is 0 Å².